The molecule has 1 aromatic carbocycles. The van der Waals surface area contributed by atoms with E-state index in [1.54, 1.807) is 37.3 Å². The van der Waals surface area contributed by atoms with Crippen molar-refractivity contribution in [3.8, 4) is 0 Å². The summed E-state index contributed by atoms with van der Waals surface area (Å²) in [4.78, 5) is 22.8. The van der Waals surface area contributed by atoms with E-state index in [2.05, 4.69) is 5.32 Å². The SMILES string of the molecule is CSC(C)C(=O)N[C@H](C(=O)O)c1ccccc1. The van der Waals surface area contributed by atoms with Gasteiger partial charge in [0.25, 0.3) is 0 Å². The van der Waals surface area contributed by atoms with Crippen LogP contribution in [0.1, 0.15) is 18.5 Å². The number of thioether (sulfide) groups is 1. The number of carboxylic acids is 1. The molecule has 17 heavy (non-hydrogen) atoms. The van der Waals surface area contributed by atoms with E-state index >= 15 is 0 Å². The second-order valence-corrected chi connectivity index (χ2v) is 4.75. The van der Waals surface area contributed by atoms with E-state index in [1.165, 1.54) is 11.8 Å². The van der Waals surface area contributed by atoms with Gasteiger partial charge in [-0.2, -0.15) is 11.8 Å². The summed E-state index contributed by atoms with van der Waals surface area (Å²) in [5, 5.41) is 11.4. The van der Waals surface area contributed by atoms with Crippen molar-refractivity contribution in [2.24, 2.45) is 0 Å². The molecule has 0 aromatic heterocycles. The van der Waals surface area contributed by atoms with Gasteiger partial charge in [0.05, 0.1) is 5.25 Å². The van der Waals surface area contributed by atoms with Crippen LogP contribution in [0.25, 0.3) is 0 Å². The molecule has 4 nitrogen and oxygen atoms in total. The molecular weight excluding hydrogens is 238 g/mol. The molecule has 0 aliphatic rings. The minimum atomic E-state index is -1.06. The first-order valence-corrected chi connectivity index (χ1v) is 6.46. The summed E-state index contributed by atoms with van der Waals surface area (Å²) >= 11 is 1.38. The van der Waals surface area contributed by atoms with Crippen molar-refractivity contribution in [2.75, 3.05) is 6.26 Å². The van der Waals surface area contributed by atoms with Crippen molar-refractivity contribution in [2.45, 2.75) is 18.2 Å². The summed E-state index contributed by atoms with van der Waals surface area (Å²) < 4.78 is 0. The third-order valence-corrected chi connectivity index (χ3v) is 3.31. The fourth-order valence-electron chi connectivity index (χ4n) is 1.30. The minimum absolute atomic E-state index is 0.263. The topological polar surface area (TPSA) is 66.4 Å². The highest BCUT2D eigenvalue weighted by molar-refractivity contribution is 7.99. The van der Waals surface area contributed by atoms with Crippen molar-refractivity contribution in [1.82, 2.24) is 5.32 Å². The van der Waals surface area contributed by atoms with Crippen molar-refractivity contribution in [1.29, 1.82) is 0 Å². The van der Waals surface area contributed by atoms with Gasteiger partial charge in [0.2, 0.25) is 5.91 Å². The molecule has 0 aliphatic heterocycles. The van der Waals surface area contributed by atoms with E-state index in [9.17, 15) is 9.59 Å². The molecule has 92 valence electrons. The molecule has 0 spiro atoms. The lowest BCUT2D eigenvalue weighted by atomic mass is 10.1. The number of nitrogens with one attached hydrogen (secondary N) is 1. The summed E-state index contributed by atoms with van der Waals surface area (Å²) in [5.74, 6) is -1.33. The standard InChI is InChI=1S/C12H15NO3S/c1-8(17-2)11(14)13-10(12(15)16)9-6-4-3-5-7-9/h3-8,10H,1-2H3,(H,13,14)(H,15,16)/t8?,10-/m0/s1. The van der Waals surface area contributed by atoms with Gasteiger partial charge in [-0.05, 0) is 18.7 Å². The molecule has 1 amide bonds. The lowest BCUT2D eigenvalue weighted by Gasteiger charge is -2.17. The normalized spacial score (nSPS) is 13.8. The van der Waals surface area contributed by atoms with Crippen LogP contribution in [0.15, 0.2) is 30.3 Å². The maximum Gasteiger partial charge on any atom is 0.330 e. The van der Waals surface area contributed by atoms with Gasteiger partial charge in [-0.1, -0.05) is 30.3 Å². The first-order valence-electron chi connectivity index (χ1n) is 5.17. The Hall–Kier alpha value is -1.49. The van der Waals surface area contributed by atoms with Crippen LogP contribution in [-0.4, -0.2) is 28.5 Å². The molecule has 2 N–H and O–H groups in total. The number of carboxylic acid groups (broad SMARTS) is 1. The van der Waals surface area contributed by atoms with Crippen LogP contribution in [0.2, 0.25) is 0 Å². The zero-order chi connectivity index (χ0) is 12.8. The van der Waals surface area contributed by atoms with Gasteiger partial charge < -0.3 is 10.4 Å². The van der Waals surface area contributed by atoms with Crippen molar-refractivity contribution in [3.63, 3.8) is 0 Å². The molecule has 0 aliphatic carbocycles. The summed E-state index contributed by atoms with van der Waals surface area (Å²) in [6.45, 7) is 1.74. The van der Waals surface area contributed by atoms with Crippen LogP contribution in [0, 0.1) is 0 Å². The molecule has 0 radical (unpaired) electrons. The Morgan fingerprint density at radius 3 is 2.35 bits per heavy atom. The van der Waals surface area contributed by atoms with Gasteiger partial charge in [-0.25, -0.2) is 4.79 Å². The Bertz CT molecular complexity index is 394. The Balaban J connectivity index is 2.82. The molecule has 5 heteroatoms. The molecule has 0 heterocycles. The molecule has 0 bridgehead atoms. The van der Waals surface area contributed by atoms with Crippen molar-refractivity contribution in [3.05, 3.63) is 35.9 Å². The first kappa shape index (κ1) is 13.6. The van der Waals surface area contributed by atoms with Gasteiger partial charge >= 0.3 is 5.97 Å². The van der Waals surface area contributed by atoms with E-state index in [1.807, 2.05) is 6.26 Å². The highest BCUT2D eigenvalue weighted by Crippen LogP contribution is 2.14. The fourth-order valence-corrected chi connectivity index (χ4v) is 1.58. The average molecular weight is 253 g/mol. The van der Waals surface area contributed by atoms with Crippen molar-refractivity contribution >= 4 is 23.6 Å². The summed E-state index contributed by atoms with van der Waals surface area (Å²) in [6.07, 6.45) is 1.81. The lowest BCUT2D eigenvalue weighted by molar-refractivity contribution is -0.141. The molecule has 1 unspecified atom stereocenters. The number of aliphatic carboxylic acids is 1. The predicted molar refractivity (Wildman–Crippen MR) is 67.9 cm³/mol. The number of rotatable bonds is 5. The van der Waals surface area contributed by atoms with E-state index in [-0.39, 0.29) is 11.2 Å². The highest BCUT2D eigenvalue weighted by atomic mass is 32.2. The van der Waals surface area contributed by atoms with Crippen LogP contribution in [0.5, 0.6) is 0 Å². The number of carbonyl (C=O) groups is 2. The summed E-state index contributed by atoms with van der Waals surface area (Å²) in [6, 6.07) is 7.67. The molecule has 0 saturated carbocycles. The van der Waals surface area contributed by atoms with Crippen LogP contribution in [-0.2, 0) is 9.59 Å². The van der Waals surface area contributed by atoms with Crippen LogP contribution >= 0.6 is 11.8 Å². The third kappa shape index (κ3) is 3.78. The van der Waals surface area contributed by atoms with Crippen LogP contribution < -0.4 is 5.32 Å². The number of hydrogen-bond acceptors (Lipinski definition) is 3. The lowest BCUT2D eigenvalue weighted by Crippen LogP contribution is -2.38. The Morgan fingerprint density at radius 1 is 1.29 bits per heavy atom. The van der Waals surface area contributed by atoms with Crippen LogP contribution in [0.3, 0.4) is 0 Å². The summed E-state index contributed by atoms with van der Waals surface area (Å²) in [7, 11) is 0. The van der Waals surface area contributed by atoms with Gasteiger partial charge in [0, 0.05) is 0 Å². The summed E-state index contributed by atoms with van der Waals surface area (Å²) in [5.41, 5.74) is 0.571. The second kappa shape index (κ2) is 6.30. The largest absolute Gasteiger partial charge is 0.479 e. The van der Waals surface area contributed by atoms with E-state index in [4.69, 9.17) is 5.11 Å². The van der Waals surface area contributed by atoms with Gasteiger partial charge in [0.1, 0.15) is 0 Å². The molecular formula is C12H15NO3S. The Morgan fingerprint density at radius 2 is 1.88 bits per heavy atom. The Labute approximate surface area is 104 Å². The number of amides is 1. The van der Waals surface area contributed by atoms with E-state index < -0.39 is 12.0 Å². The van der Waals surface area contributed by atoms with Gasteiger partial charge in [-0.15, -0.1) is 0 Å². The zero-order valence-electron chi connectivity index (χ0n) is 9.71. The maximum absolute atomic E-state index is 11.7. The van der Waals surface area contributed by atoms with Crippen LogP contribution in [0.4, 0.5) is 0 Å². The Kier molecular flexibility index (Phi) is 5.03. The number of carbonyl (C=O) groups excluding carboxylic acids is 1. The second-order valence-electron chi connectivity index (χ2n) is 3.57. The fraction of sp³-hybridized carbons (Fsp3) is 0.333. The predicted octanol–water partition coefficient (Wildman–Crippen LogP) is 1.68. The zero-order valence-corrected chi connectivity index (χ0v) is 10.5. The van der Waals surface area contributed by atoms with Gasteiger partial charge in [-0.3, -0.25) is 4.79 Å². The maximum atomic E-state index is 11.7. The number of hydrogen-bond donors (Lipinski definition) is 2. The van der Waals surface area contributed by atoms with Gasteiger partial charge in [0.15, 0.2) is 6.04 Å². The minimum Gasteiger partial charge on any atom is -0.479 e. The average Bonchev–Trinajstić information content (AvgIpc) is 2.35. The molecule has 1 rings (SSSR count). The highest BCUT2D eigenvalue weighted by Gasteiger charge is 2.23. The smallest absolute Gasteiger partial charge is 0.330 e. The third-order valence-electron chi connectivity index (χ3n) is 2.39. The van der Waals surface area contributed by atoms with Crippen molar-refractivity contribution < 1.29 is 14.7 Å². The van der Waals surface area contributed by atoms with E-state index in [0.717, 1.165) is 0 Å². The molecule has 0 fully saturated rings. The molecule has 0 saturated heterocycles. The first-order chi connectivity index (χ1) is 8.06. The quantitative estimate of drug-likeness (QED) is 0.838. The molecule has 2 atom stereocenters. The van der Waals surface area contributed by atoms with E-state index in [0.29, 0.717) is 5.56 Å². The number of benzene rings is 1. The molecule has 1 aromatic rings. The monoisotopic (exact) mass is 253 g/mol.